The first-order valence-electron chi connectivity index (χ1n) is 6.82. The van der Waals surface area contributed by atoms with Crippen LogP contribution in [-0.4, -0.2) is 22.6 Å². The van der Waals surface area contributed by atoms with Gasteiger partial charge in [-0.15, -0.1) is 0 Å². The lowest BCUT2D eigenvalue weighted by molar-refractivity contribution is 0.0532. The van der Waals surface area contributed by atoms with E-state index in [1.807, 2.05) is 19.9 Å². The van der Waals surface area contributed by atoms with Gasteiger partial charge in [0.2, 0.25) is 0 Å². The minimum Gasteiger partial charge on any atom is -0.371 e. The average molecular weight is 251 g/mol. The van der Waals surface area contributed by atoms with Crippen molar-refractivity contribution >= 4 is 0 Å². The second kappa shape index (κ2) is 7.44. The second-order valence-corrected chi connectivity index (χ2v) is 4.58. The van der Waals surface area contributed by atoms with Gasteiger partial charge in [0.1, 0.15) is 6.10 Å². The standard InChI is InChI=1S/C14H25N3O/c1-5-11(15)9-12-8-10(4)16-14(17-12)13(6-2)18-7-3/h8,11,13H,5-7,9,15H2,1-4H3. The third-order valence-corrected chi connectivity index (χ3v) is 2.95. The van der Waals surface area contributed by atoms with Crippen molar-refractivity contribution in [3.8, 4) is 0 Å². The predicted molar refractivity (Wildman–Crippen MR) is 73.4 cm³/mol. The Bertz CT molecular complexity index is 368. The molecule has 0 aromatic carbocycles. The molecular weight excluding hydrogens is 226 g/mol. The van der Waals surface area contributed by atoms with Crippen LogP contribution in [0.5, 0.6) is 0 Å². The molecule has 1 heterocycles. The number of hydrogen-bond acceptors (Lipinski definition) is 4. The summed E-state index contributed by atoms with van der Waals surface area (Å²) >= 11 is 0. The third-order valence-electron chi connectivity index (χ3n) is 2.95. The van der Waals surface area contributed by atoms with Gasteiger partial charge in [0.25, 0.3) is 0 Å². The van der Waals surface area contributed by atoms with Crippen molar-refractivity contribution in [2.24, 2.45) is 5.73 Å². The molecule has 1 aromatic heterocycles. The van der Waals surface area contributed by atoms with Gasteiger partial charge in [-0.25, -0.2) is 9.97 Å². The van der Waals surface area contributed by atoms with E-state index in [9.17, 15) is 0 Å². The summed E-state index contributed by atoms with van der Waals surface area (Å²) in [5.41, 5.74) is 7.98. The van der Waals surface area contributed by atoms with E-state index in [4.69, 9.17) is 10.5 Å². The Morgan fingerprint density at radius 1 is 1.22 bits per heavy atom. The van der Waals surface area contributed by atoms with E-state index in [1.54, 1.807) is 0 Å². The molecule has 1 aromatic rings. The van der Waals surface area contributed by atoms with E-state index in [2.05, 4.69) is 23.8 Å². The van der Waals surface area contributed by atoms with Gasteiger partial charge in [0.15, 0.2) is 5.82 Å². The summed E-state index contributed by atoms with van der Waals surface area (Å²) in [7, 11) is 0. The molecule has 0 bridgehead atoms. The van der Waals surface area contributed by atoms with Crippen LogP contribution in [0.2, 0.25) is 0 Å². The van der Waals surface area contributed by atoms with Crippen LogP contribution in [0, 0.1) is 6.92 Å². The second-order valence-electron chi connectivity index (χ2n) is 4.58. The smallest absolute Gasteiger partial charge is 0.157 e. The van der Waals surface area contributed by atoms with Crippen molar-refractivity contribution in [1.82, 2.24) is 9.97 Å². The summed E-state index contributed by atoms with van der Waals surface area (Å²) in [6, 6.07) is 2.18. The Morgan fingerprint density at radius 2 is 1.94 bits per heavy atom. The van der Waals surface area contributed by atoms with E-state index < -0.39 is 0 Å². The zero-order valence-corrected chi connectivity index (χ0v) is 11.9. The number of aryl methyl sites for hydroxylation is 1. The molecule has 102 valence electrons. The van der Waals surface area contributed by atoms with Crippen LogP contribution < -0.4 is 5.73 Å². The average Bonchev–Trinajstić information content (AvgIpc) is 2.34. The van der Waals surface area contributed by atoms with E-state index in [-0.39, 0.29) is 12.1 Å². The number of ether oxygens (including phenoxy) is 1. The highest BCUT2D eigenvalue weighted by atomic mass is 16.5. The Hall–Kier alpha value is -1.00. The van der Waals surface area contributed by atoms with Crippen molar-refractivity contribution in [3.05, 3.63) is 23.3 Å². The van der Waals surface area contributed by atoms with Gasteiger partial charge < -0.3 is 10.5 Å². The molecular formula is C14H25N3O. The van der Waals surface area contributed by atoms with Gasteiger partial charge in [-0.05, 0) is 32.8 Å². The van der Waals surface area contributed by atoms with Crippen LogP contribution in [-0.2, 0) is 11.2 Å². The fourth-order valence-corrected chi connectivity index (χ4v) is 1.90. The predicted octanol–water partition coefficient (Wildman–Crippen LogP) is 2.55. The van der Waals surface area contributed by atoms with Crippen LogP contribution in [0.1, 0.15) is 56.9 Å². The van der Waals surface area contributed by atoms with E-state index in [0.717, 1.165) is 36.5 Å². The number of hydrogen-bond donors (Lipinski definition) is 1. The first-order valence-corrected chi connectivity index (χ1v) is 6.82. The molecule has 0 aliphatic rings. The minimum absolute atomic E-state index is 0.00787. The maximum atomic E-state index is 5.98. The maximum absolute atomic E-state index is 5.98. The van der Waals surface area contributed by atoms with Crippen molar-refractivity contribution in [2.75, 3.05) is 6.61 Å². The fourth-order valence-electron chi connectivity index (χ4n) is 1.90. The van der Waals surface area contributed by atoms with E-state index in [0.29, 0.717) is 6.61 Å². The van der Waals surface area contributed by atoms with Gasteiger partial charge in [0, 0.05) is 30.5 Å². The zero-order valence-electron chi connectivity index (χ0n) is 11.9. The van der Waals surface area contributed by atoms with Crippen LogP contribution in [0.25, 0.3) is 0 Å². The summed E-state index contributed by atoms with van der Waals surface area (Å²) in [5.74, 6) is 0.789. The molecule has 0 spiro atoms. The first kappa shape index (κ1) is 15.1. The molecule has 2 unspecified atom stereocenters. The molecule has 4 heteroatoms. The molecule has 2 atom stereocenters. The highest BCUT2D eigenvalue weighted by Crippen LogP contribution is 2.18. The normalized spacial score (nSPS) is 14.5. The number of aromatic nitrogens is 2. The Kier molecular flexibility index (Phi) is 6.22. The molecule has 0 fully saturated rings. The SMILES string of the molecule is CCOC(CC)c1nc(C)cc(CC(N)CC)n1. The van der Waals surface area contributed by atoms with Crippen LogP contribution in [0.15, 0.2) is 6.07 Å². The molecule has 0 aliphatic carbocycles. The number of nitrogens with zero attached hydrogens (tertiary/aromatic N) is 2. The molecule has 18 heavy (non-hydrogen) atoms. The fraction of sp³-hybridized carbons (Fsp3) is 0.714. The largest absolute Gasteiger partial charge is 0.371 e. The van der Waals surface area contributed by atoms with Gasteiger partial charge in [-0.1, -0.05) is 13.8 Å². The maximum Gasteiger partial charge on any atom is 0.157 e. The van der Waals surface area contributed by atoms with Crippen LogP contribution >= 0.6 is 0 Å². The van der Waals surface area contributed by atoms with Crippen molar-refractivity contribution in [3.63, 3.8) is 0 Å². The molecule has 0 amide bonds. The topological polar surface area (TPSA) is 61.0 Å². The highest BCUT2D eigenvalue weighted by Gasteiger charge is 2.14. The first-order chi connectivity index (χ1) is 8.60. The molecule has 0 saturated heterocycles. The molecule has 0 saturated carbocycles. The molecule has 0 aliphatic heterocycles. The van der Waals surface area contributed by atoms with Crippen molar-refractivity contribution < 1.29 is 4.74 Å². The molecule has 2 N–H and O–H groups in total. The van der Waals surface area contributed by atoms with E-state index >= 15 is 0 Å². The zero-order chi connectivity index (χ0) is 13.5. The Morgan fingerprint density at radius 3 is 2.50 bits per heavy atom. The van der Waals surface area contributed by atoms with Crippen molar-refractivity contribution in [1.29, 1.82) is 0 Å². The number of nitrogens with two attached hydrogens (primary N) is 1. The lowest BCUT2D eigenvalue weighted by atomic mass is 10.1. The van der Waals surface area contributed by atoms with Gasteiger partial charge in [-0.2, -0.15) is 0 Å². The quantitative estimate of drug-likeness (QED) is 0.809. The van der Waals surface area contributed by atoms with Crippen molar-refractivity contribution in [2.45, 2.75) is 59.1 Å². The molecule has 4 nitrogen and oxygen atoms in total. The van der Waals surface area contributed by atoms with Gasteiger partial charge >= 0.3 is 0 Å². The van der Waals surface area contributed by atoms with Gasteiger partial charge in [0.05, 0.1) is 0 Å². The van der Waals surface area contributed by atoms with Gasteiger partial charge in [-0.3, -0.25) is 0 Å². The summed E-state index contributed by atoms with van der Waals surface area (Å²) in [4.78, 5) is 9.07. The minimum atomic E-state index is -0.00787. The molecule has 0 radical (unpaired) electrons. The van der Waals surface area contributed by atoms with E-state index in [1.165, 1.54) is 0 Å². The summed E-state index contributed by atoms with van der Waals surface area (Å²) in [6.07, 6.45) is 2.64. The lowest BCUT2D eigenvalue weighted by Crippen LogP contribution is -2.23. The summed E-state index contributed by atoms with van der Waals surface area (Å²) in [5, 5.41) is 0. The van der Waals surface area contributed by atoms with Crippen LogP contribution in [0.4, 0.5) is 0 Å². The highest BCUT2D eigenvalue weighted by molar-refractivity contribution is 5.12. The summed E-state index contributed by atoms with van der Waals surface area (Å²) < 4.78 is 5.66. The third kappa shape index (κ3) is 4.35. The number of rotatable bonds is 7. The lowest BCUT2D eigenvalue weighted by Gasteiger charge is -2.16. The van der Waals surface area contributed by atoms with Crippen LogP contribution in [0.3, 0.4) is 0 Å². The monoisotopic (exact) mass is 251 g/mol. The summed E-state index contributed by atoms with van der Waals surface area (Å²) in [6.45, 7) is 8.84. The Balaban J connectivity index is 2.91. The Labute approximate surface area is 110 Å². The molecule has 1 rings (SSSR count).